The molecular formula is C18H24ClNO4. The number of aliphatic hydroxyl groups is 1. The van der Waals surface area contributed by atoms with E-state index < -0.39 is 5.60 Å². The molecule has 132 valence electrons. The number of amides is 1. The van der Waals surface area contributed by atoms with Gasteiger partial charge in [-0.05, 0) is 37.1 Å². The fraction of sp³-hybridized carbons (Fsp3) is 0.611. The van der Waals surface area contributed by atoms with Crippen molar-refractivity contribution in [2.45, 2.75) is 36.9 Å². The largest absolute Gasteiger partial charge is 0.387 e. The van der Waals surface area contributed by atoms with Crippen molar-refractivity contribution in [1.29, 1.82) is 0 Å². The third-order valence-electron chi connectivity index (χ3n) is 5.09. The van der Waals surface area contributed by atoms with Crippen LogP contribution in [-0.4, -0.2) is 60.5 Å². The maximum absolute atomic E-state index is 12.6. The predicted octanol–water partition coefficient (Wildman–Crippen LogP) is 2.50. The van der Waals surface area contributed by atoms with Gasteiger partial charge in [-0.25, -0.2) is 0 Å². The summed E-state index contributed by atoms with van der Waals surface area (Å²) in [4.78, 5) is 14.4. The molecule has 2 aliphatic heterocycles. The zero-order chi connectivity index (χ0) is 17.2. The van der Waals surface area contributed by atoms with Gasteiger partial charge in [0.05, 0.1) is 24.4 Å². The first-order valence-electron chi connectivity index (χ1n) is 8.36. The predicted molar refractivity (Wildman–Crippen MR) is 91.3 cm³/mol. The Morgan fingerprint density at radius 1 is 1.29 bits per heavy atom. The summed E-state index contributed by atoms with van der Waals surface area (Å²) in [6.45, 7) is 2.12. The van der Waals surface area contributed by atoms with Gasteiger partial charge in [0.2, 0.25) is 0 Å². The number of hydrogen-bond donors (Lipinski definition) is 1. The number of rotatable bonds is 3. The van der Waals surface area contributed by atoms with Crippen molar-refractivity contribution >= 4 is 17.5 Å². The smallest absolute Gasteiger partial charge is 0.253 e. The molecule has 0 aromatic heterocycles. The molecule has 1 amide bonds. The highest BCUT2D eigenvalue weighted by molar-refractivity contribution is 6.30. The Morgan fingerprint density at radius 3 is 2.58 bits per heavy atom. The number of carbonyl (C=O) groups is 1. The normalized spacial score (nSPS) is 26.5. The van der Waals surface area contributed by atoms with Gasteiger partial charge in [0.1, 0.15) is 0 Å². The monoisotopic (exact) mass is 353 g/mol. The van der Waals surface area contributed by atoms with Crippen molar-refractivity contribution in [2.24, 2.45) is 0 Å². The molecule has 2 aliphatic rings. The van der Waals surface area contributed by atoms with Gasteiger partial charge < -0.3 is 19.5 Å². The average molecular weight is 354 g/mol. The zero-order valence-electron chi connectivity index (χ0n) is 14.0. The molecule has 0 bridgehead atoms. The van der Waals surface area contributed by atoms with Crippen molar-refractivity contribution < 1.29 is 19.4 Å². The van der Waals surface area contributed by atoms with E-state index >= 15 is 0 Å². The summed E-state index contributed by atoms with van der Waals surface area (Å²) in [5.74, 6) is 0.0180. The van der Waals surface area contributed by atoms with E-state index in [0.29, 0.717) is 49.7 Å². The van der Waals surface area contributed by atoms with Gasteiger partial charge in [0.15, 0.2) is 0 Å². The maximum Gasteiger partial charge on any atom is 0.253 e. The first-order chi connectivity index (χ1) is 11.5. The van der Waals surface area contributed by atoms with E-state index in [1.165, 1.54) is 0 Å². The molecule has 1 spiro atoms. The molecule has 1 atom stereocenters. The summed E-state index contributed by atoms with van der Waals surface area (Å²) in [6, 6.07) is 6.97. The minimum absolute atomic E-state index is 0.0180. The van der Waals surface area contributed by atoms with Crippen LogP contribution in [0.3, 0.4) is 0 Å². The molecule has 1 aromatic carbocycles. The molecule has 3 rings (SSSR count). The van der Waals surface area contributed by atoms with E-state index in [-0.39, 0.29) is 11.5 Å². The van der Waals surface area contributed by atoms with E-state index in [4.69, 9.17) is 21.1 Å². The minimum Gasteiger partial charge on any atom is -0.387 e. The van der Waals surface area contributed by atoms with Gasteiger partial charge in [0.25, 0.3) is 5.91 Å². The van der Waals surface area contributed by atoms with Crippen LogP contribution in [0, 0.1) is 0 Å². The summed E-state index contributed by atoms with van der Waals surface area (Å²) in [5, 5.41) is 11.3. The van der Waals surface area contributed by atoms with Gasteiger partial charge in [-0.3, -0.25) is 4.79 Å². The molecule has 1 aromatic rings. The molecule has 2 fully saturated rings. The van der Waals surface area contributed by atoms with Crippen LogP contribution in [0.2, 0.25) is 5.02 Å². The fourth-order valence-corrected chi connectivity index (χ4v) is 3.93. The Morgan fingerprint density at radius 2 is 1.96 bits per heavy atom. The summed E-state index contributed by atoms with van der Waals surface area (Å²) in [7, 11) is 1.60. The average Bonchev–Trinajstić information content (AvgIpc) is 2.55. The molecule has 0 radical (unpaired) electrons. The van der Waals surface area contributed by atoms with Crippen LogP contribution in [0.1, 0.15) is 36.0 Å². The molecule has 0 aliphatic carbocycles. The van der Waals surface area contributed by atoms with E-state index in [2.05, 4.69) is 0 Å². The highest BCUT2D eigenvalue weighted by Gasteiger charge is 2.47. The Balaban J connectivity index is 1.63. The lowest BCUT2D eigenvalue weighted by Crippen LogP contribution is -2.56. The third-order valence-corrected chi connectivity index (χ3v) is 5.34. The number of halogens is 1. The second kappa shape index (κ2) is 7.00. The van der Waals surface area contributed by atoms with Crippen LogP contribution in [0.4, 0.5) is 0 Å². The Bertz CT molecular complexity index is 579. The SMILES string of the molecule is COCC1(O)CCOC2(CCN(C(=O)c3ccc(Cl)cc3)CC2)C1. The lowest BCUT2D eigenvalue weighted by molar-refractivity contribution is -0.189. The third kappa shape index (κ3) is 3.75. The second-order valence-electron chi connectivity index (χ2n) is 6.91. The Hall–Kier alpha value is -1.14. The number of hydrogen-bond acceptors (Lipinski definition) is 4. The summed E-state index contributed by atoms with van der Waals surface area (Å²) < 4.78 is 11.2. The minimum atomic E-state index is -0.824. The zero-order valence-corrected chi connectivity index (χ0v) is 14.7. The summed E-state index contributed by atoms with van der Waals surface area (Å²) >= 11 is 5.88. The Kier molecular flexibility index (Phi) is 5.16. The second-order valence-corrected chi connectivity index (χ2v) is 7.35. The first kappa shape index (κ1) is 17.7. The van der Waals surface area contributed by atoms with Crippen LogP contribution >= 0.6 is 11.6 Å². The molecular weight excluding hydrogens is 330 g/mol. The van der Waals surface area contributed by atoms with E-state index in [1.54, 1.807) is 31.4 Å². The van der Waals surface area contributed by atoms with Gasteiger partial charge in [-0.1, -0.05) is 11.6 Å². The van der Waals surface area contributed by atoms with Crippen molar-refractivity contribution in [2.75, 3.05) is 33.4 Å². The van der Waals surface area contributed by atoms with Crippen LogP contribution in [0.15, 0.2) is 24.3 Å². The van der Waals surface area contributed by atoms with Crippen molar-refractivity contribution in [1.82, 2.24) is 4.90 Å². The molecule has 6 heteroatoms. The lowest BCUT2D eigenvalue weighted by atomic mass is 9.77. The Labute approximate surface area is 147 Å². The quantitative estimate of drug-likeness (QED) is 0.907. The van der Waals surface area contributed by atoms with E-state index in [1.807, 2.05) is 4.90 Å². The molecule has 2 saturated heterocycles. The maximum atomic E-state index is 12.6. The van der Waals surface area contributed by atoms with E-state index in [0.717, 1.165) is 12.8 Å². The molecule has 0 saturated carbocycles. The topological polar surface area (TPSA) is 59.0 Å². The number of nitrogens with zero attached hydrogens (tertiary/aromatic N) is 1. The molecule has 2 heterocycles. The number of likely N-dealkylation sites (tertiary alicyclic amines) is 1. The standard InChI is InChI=1S/C18H24ClNO4/c1-23-13-17(22)8-11-24-18(12-17)6-9-20(10-7-18)16(21)14-2-4-15(19)5-3-14/h2-5,22H,6-13H2,1H3. The number of carbonyl (C=O) groups excluding carboxylic acids is 1. The lowest BCUT2D eigenvalue weighted by Gasteiger charge is -2.49. The fourth-order valence-electron chi connectivity index (χ4n) is 3.80. The van der Waals surface area contributed by atoms with E-state index in [9.17, 15) is 9.90 Å². The van der Waals surface area contributed by atoms with Crippen molar-refractivity contribution in [3.63, 3.8) is 0 Å². The highest BCUT2D eigenvalue weighted by Crippen LogP contribution is 2.40. The summed E-state index contributed by atoms with van der Waals surface area (Å²) in [6.07, 6.45) is 2.63. The van der Waals surface area contributed by atoms with Crippen molar-refractivity contribution in [3.8, 4) is 0 Å². The van der Waals surface area contributed by atoms with Gasteiger partial charge in [0, 0.05) is 43.6 Å². The first-order valence-corrected chi connectivity index (χ1v) is 8.73. The highest BCUT2D eigenvalue weighted by atomic mass is 35.5. The van der Waals surface area contributed by atoms with Gasteiger partial charge in [-0.15, -0.1) is 0 Å². The molecule has 5 nitrogen and oxygen atoms in total. The molecule has 24 heavy (non-hydrogen) atoms. The van der Waals surface area contributed by atoms with Crippen LogP contribution in [-0.2, 0) is 9.47 Å². The van der Waals surface area contributed by atoms with Gasteiger partial charge in [-0.2, -0.15) is 0 Å². The number of ether oxygens (including phenoxy) is 2. The van der Waals surface area contributed by atoms with Gasteiger partial charge >= 0.3 is 0 Å². The number of benzene rings is 1. The molecule has 1 unspecified atom stereocenters. The van der Waals surface area contributed by atoms with Crippen LogP contribution in [0.5, 0.6) is 0 Å². The van der Waals surface area contributed by atoms with Crippen LogP contribution in [0.25, 0.3) is 0 Å². The van der Waals surface area contributed by atoms with Crippen LogP contribution < -0.4 is 0 Å². The van der Waals surface area contributed by atoms with Crippen molar-refractivity contribution in [3.05, 3.63) is 34.9 Å². The summed E-state index contributed by atoms with van der Waals surface area (Å²) in [5.41, 5.74) is -0.520. The number of methoxy groups -OCH3 is 1. The number of piperidine rings is 1. The molecule has 1 N–H and O–H groups in total.